The molecule has 1 aromatic rings. The number of allylic oxidation sites excluding steroid dienone is 1. The molecule has 2 aliphatic rings. The summed E-state index contributed by atoms with van der Waals surface area (Å²) in [4.78, 5) is 14.4. The second kappa shape index (κ2) is 5.34. The first-order valence-electron chi connectivity index (χ1n) is 6.52. The van der Waals surface area contributed by atoms with Crippen molar-refractivity contribution in [2.24, 2.45) is 0 Å². The Morgan fingerprint density at radius 1 is 1.29 bits per heavy atom. The Hall–Kier alpha value is -2.13. The van der Waals surface area contributed by atoms with E-state index in [1.807, 2.05) is 12.1 Å². The monoisotopic (exact) mass is 302 g/mol. The molecule has 0 radical (unpaired) electrons. The highest BCUT2D eigenvalue weighted by molar-refractivity contribution is 8.04. The lowest BCUT2D eigenvalue weighted by Crippen LogP contribution is -2.38. The van der Waals surface area contributed by atoms with Crippen LogP contribution in [0.3, 0.4) is 0 Å². The quantitative estimate of drug-likeness (QED) is 0.836. The average molecular weight is 302 g/mol. The van der Waals surface area contributed by atoms with Crippen molar-refractivity contribution in [2.45, 2.75) is 6.42 Å². The number of carbonyl (C=O) groups is 1. The largest absolute Gasteiger partial charge is 0.493 e. The van der Waals surface area contributed by atoms with E-state index in [4.69, 9.17) is 9.47 Å². The molecule has 21 heavy (non-hydrogen) atoms. The van der Waals surface area contributed by atoms with Crippen LogP contribution in [0.2, 0.25) is 0 Å². The van der Waals surface area contributed by atoms with E-state index in [0.717, 1.165) is 17.5 Å². The molecule has 5 nitrogen and oxygen atoms in total. The molecule has 0 N–H and O–H groups in total. The highest BCUT2D eigenvalue weighted by Gasteiger charge is 2.33. The van der Waals surface area contributed by atoms with E-state index in [2.05, 4.69) is 6.07 Å². The van der Waals surface area contributed by atoms with Gasteiger partial charge in [-0.3, -0.25) is 4.79 Å². The number of nitriles is 1. The van der Waals surface area contributed by atoms with E-state index in [0.29, 0.717) is 34.4 Å². The van der Waals surface area contributed by atoms with Gasteiger partial charge in [0.25, 0.3) is 0 Å². The smallest absolute Gasteiger partial charge is 0.237 e. The van der Waals surface area contributed by atoms with Gasteiger partial charge in [-0.25, -0.2) is 0 Å². The molecule has 0 saturated carbocycles. The Bertz CT molecular complexity index is 691. The highest BCUT2D eigenvalue weighted by Crippen LogP contribution is 2.42. The van der Waals surface area contributed by atoms with E-state index in [1.54, 1.807) is 19.1 Å². The summed E-state index contributed by atoms with van der Waals surface area (Å²) < 4.78 is 10.7. The molecule has 3 rings (SSSR count). The molecule has 108 valence electrons. The van der Waals surface area contributed by atoms with E-state index in [1.165, 1.54) is 11.8 Å². The Labute approximate surface area is 127 Å². The minimum atomic E-state index is 0.0504. The van der Waals surface area contributed by atoms with Crippen molar-refractivity contribution in [1.82, 2.24) is 4.90 Å². The zero-order valence-electron chi connectivity index (χ0n) is 11.8. The lowest BCUT2D eigenvalue weighted by atomic mass is 9.95. The van der Waals surface area contributed by atoms with E-state index in [-0.39, 0.29) is 5.91 Å². The summed E-state index contributed by atoms with van der Waals surface area (Å²) in [6.07, 6.45) is 0.744. The molecule has 1 amide bonds. The van der Waals surface area contributed by atoms with Crippen molar-refractivity contribution in [3.8, 4) is 17.6 Å². The van der Waals surface area contributed by atoms with Crippen molar-refractivity contribution in [1.29, 1.82) is 5.26 Å². The summed E-state index contributed by atoms with van der Waals surface area (Å²) >= 11 is 1.30. The van der Waals surface area contributed by atoms with Crippen LogP contribution in [0, 0.1) is 11.3 Å². The topological polar surface area (TPSA) is 62.6 Å². The predicted octanol–water partition coefficient (Wildman–Crippen LogP) is 2.03. The minimum Gasteiger partial charge on any atom is -0.493 e. The number of carbonyl (C=O) groups excluding carboxylic acids is 1. The Balaban J connectivity index is 2.23. The SMILES string of the molecule is COc1cc2c(cc1OC)C1=C(C#N)SCC(=O)N1CC2. The maximum absolute atomic E-state index is 12.1. The number of hydrogen-bond donors (Lipinski definition) is 0. The molecule has 1 aromatic carbocycles. The number of benzene rings is 1. The Morgan fingerprint density at radius 3 is 2.67 bits per heavy atom. The van der Waals surface area contributed by atoms with Crippen molar-refractivity contribution < 1.29 is 14.3 Å². The Kier molecular flexibility index (Phi) is 3.52. The summed E-state index contributed by atoms with van der Waals surface area (Å²) in [6, 6.07) is 5.99. The lowest BCUT2D eigenvalue weighted by Gasteiger charge is -2.35. The number of methoxy groups -OCH3 is 2. The normalized spacial score (nSPS) is 17.0. The number of hydrogen-bond acceptors (Lipinski definition) is 5. The first-order valence-corrected chi connectivity index (χ1v) is 7.51. The number of ether oxygens (including phenoxy) is 2. The van der Waals surface area contributed by atoms with Crippen LogP contribution in [-0.4, -0.2) is 37.3 Å². The van der Waals surface area contributed by atoms with Gasteiger partial charge in [-0.05, 0) is 24.1 Å². The van der Waals surface area contributed by atoms with Crippen LogP contribution in [0.4, 0.5) is 0 Å². The third-order valence-electron chi connectivity index (χ3n) is 3.70. The molecule has 2 heterocycles. The zero-order valence-corrected chi connectivity index (χ0v) is 12.6. The average Bonchev–Trinajstić information content (AvgIpc) is 2.53. The second-order valence-corrected chi connectivity index (χ2v) is 5.72. The van der Waals surface area contributed by atoms with Crippen molar-refractivity contribution in [3.63, 3.8) is 0 Å². The zero-order chi connectivity index (χ0) is 15.0. The third-order valence-corrected chi connectivity index (χ3v) is 4.66. The maximum atomic E-state index is 12.1. The standard InChI is InChI=1S/C15H14N2O3S/c1-19-11-5-9-3-4-17-14(18)8-21-13(7-16)15(17)10(9)6-12(11)20-2/h5-6H,3-4,8H2,1-2H3. The number of amides is 1. The fourth-order valence-electron chi connectivity index (χ4n) is 2.70. The van der Waals surface area contributed by atoms with Crippen LogP contribution in [0.1, 0.15) is 11.1 Å². The molecular formula is C15H14N2O3S. The molecule has 0 atom stereocenters. The first-order chi connectivity index (χ1) is 10.2. The van der Waals surface area contributed by atoms with Gasteiger partial charge in [0.2, 0.25) is 5.91 Å². The molecule has 0 unspecified atom stereocenters. The van der Waals surface area contributed by atoms with Crippen LogP contribution < -0.4 is 9.47 Å². The van der Waals surface area contributed by atoms with Crippen LogP contribution in [0.5, 0.6) is 11.5 Å². The van der Waals surface area contributed by atoms with Crippen molar-refractivity contribution in [3.05, 3.63) is 28.2 Å². The van der Waals surface area contributed by atoms with Crippen LogP contribution in [0.15, 0.2) is 17.0 Å². The number of thioether (sulfide) groups is 1. The summed E-state index contributed by atoms with van der Waals surface area (Å²) in [5.74, 6) is 1.65. The van der Waals surface area contributed by atoms with Gasteiger partial charge in [0.1, 0.15) is 11.0 Å². The third kappa shape index (κ3) is 2.14. The molecule has 0 aliphatic carbocycles. The highest BCUT2D eigenvalue weighted by atomic mass is 32.2. The lowest BCUT2D eigenvalue weighted by molar-refractivity contribution is -0.125. The molecule has 6 heteroatoms. The van der Waals surface area contributed by atoms with Crippen LogP contribution in [0.25, 0.3) is 5.70 Å². The fourth-order valence-corrected chi connectivity index (χ4v) is 3.54. The summed E-state index contributed by atoms with van der Waals surface area (Å²) in [5.41, 5.74) is 2.67. The fraction of sp³-hybridized carbons (Fsp3) is 0.333. The summed E-state index contributed by atoms with van der Waals surface area (Å²) in [5, 5.41) is 9.35. The first kappa shape index (κ1) is 13.8. The van der Waals surface area contributed by atoms with Crippen LogP contribution >= 0.6 is 11.8 Å². The van der Waals surface area contributed by atoms with Gasteiger partial charge in [-0.1, -0.05) is 0 Å². The molecule has 0 bridgehead atoms. The maximum Gasteiger partial charge on any atom is 0.237 e. The number of fused-ring (bicyclic) bond motifs is 3. The number of rotatable bonds is 2. The van der Waals surface area contributed by atoms with Crippen molar-refractivity contribution in [2.75, 3.05) is 26.5 Å². The molecular weight excluding hydrogens is 288 g/mol. The molecule has 2 aliphatic heterocycles. The van der Waals surface area contributed by atoms with Crippen LogP contribution in [-0.2, 0) is 11.2 Å². The Morgan fingerprint density at radius 2 is 2.00 bits per heavy atom. The minimum absolute atomic E-state index is 0.0504. The molecule has 0 saturated heterocycles. The summed E-state index contributed by atoms with van der Waals surface area (Å²) in [6.45, 7) is 0.600. The van der Waals surface area contributed by atoms with E-state index >= 15 is 0 Å². The van der Waals surface area contributed by atoms with Crippen molar-refractivity contribution >= 4 is 23.4 Å². The van der Waals surface area contributed by atoms with Gasteiger partial charge in [0.05, 0.1) is 25.7 Å². The second-order valence-electron chi connectivity index (χ2n) is 4.74. The number of nitrogens with zero attached hydrogens (tertiary/aromatic N) is 2. The molecule has 0 spiro atoms. The van der Waals surface area contributed by atoms with Gasteiger partial charge >= 0.3 is 0 Å². The van der Waals surface area contributed by atoms with Gasteiger partial charge in [-0.2, -0.15) is 5.26 Å². The van der Waals surface area contributed by atoms with Gasteiger partial charge in [0, 0.05) is 12.1 Å². The van der Waals surface area contributed by atoms with E-state index in [9.17, 15) is 10.1 Å². The van der Waals surface area contributed by atoms with Gasteiger partial charge < -0.3 is 14.4 Å². The predicted molar refractivity (Wildman–Crippen MR) is 80.0 cm³/mol. The summed E-state index contributed by atoms with van der Waals surface area (Å²) in [7, 11) is 3.17. The van der Waals surface area contributed by atoms with Gasteiger partial charge in [0.15, 0.2) is 11.5 Å². The van der Waals surface area contributed by atoms with E-state index < -0.39 is 0 Å². The van der Waals surface area contributed by atoms with Gasteiger partial charge in [-0.15, -0.1) is 11.8 Å². The molecule has 0 aromatic heterocycles. The molecule has 0 fully saturated rings.